The molecule has 0 fully saturated rings. The lowest BCUT2D eigenvalue weighted by Crippen LogP contribution is -2.31. The van der Waals surface area contributed by atoms with Gasteiger partial charge in [-0.2, -0.15) is 0 Å². The lowest BCUT2D eigenvalue weighted by atomic mass is 9.99. The summed E-state index contributed by atoms with van der Waals surface area (Å²) in [5.74, 6) is 0.336. The Morgan fingerprint density at radius 2 is 1.61 bits per heavy atom. The standard InChI is InChI=1S/C32H32N2O7/c35-21-22-39-28-18-7-6-16-26(28)31(41-32(37)33-27-17-10-12-23-11-4-5-15-25(23)27)29(19-8-9-20-30(36)34-38)40-24-13-2-1-3-14-24/h1-7,9-18,20,29,31,35,38H,8,19,21-22H2,(H,33,37)(H,34,36)/b20-9+/t29-,31-/m0/s1. The number of carbonyl (C=O) groups excluding carboxylic acids is 2. The maximum absolute atomic E-state index is 13.4. The summed E-state index contributed by atoms with van der Waals surface area (Å²) >= 11 is 0. The molecule has 0 aliphatic rings. The Labute approximate surface area is 237 Å². The Kier molecular flexibility index (Phi) is 10.7. The molecule has 0 aliphatic heterocycles. The minimum absolute atomic E-state index is 0.0507. The SMILES string of the molecule is O=C(/C=C/CC[C@H](Oc1ccccc1)[C@@H](OC(=O)Nc1cccc2ccccc12)c1ccccc1OCCO)NO. The monoisotopic (exact) mass is 556 g/mol. The Balaban J connectivity index is 1.67. The predicted octanol–water partition coefficient (Wildman–Crippen LogP) is 5.79. The van der Waals surface area contributed by atoms with E-state index < -0.39 is 24.2 Å². The van der Waals surface area contributed by atoms with Crippen molar-refractivity contribution in [2.45, 2.75) is 25.0 Å². The average Bonchev–Trinajstić information content (AvgIpc) is 3.01. The van der Waals surface area contributed by atoms with E-state index in [1.54, 1.807) is 54.0 Å². The molecular weight excluding hydrogens is 524 g/mol. The molecule has 41 heavy (non-hydrogen) atoms. The second kappa shape index (κ2) is 15.1. The molecule has 0 bridgehead atoms. The Bertz CT molecular complexity index is 1450. The largest absolute Gasteiger partial charge is 0.491 e. The minimum Gasteiger partial charge on any atom is -0.491 e. The number of rotatable bonds is 13. The summed E-state index contributed by atoms with van der Waals surface area (Å²) in [6.07, 6.45) is 1.16. The van der Waals surface area contributed by atoms with Crippen LogP contribution in [0.25, 0.3) is 10.8 Å². The molecule has 2 amide bonds. The van der Waals surface area contributed by atoms with E-state index in [2.05, 4.69) is 5.32 Å². The van der Waals surface area contributed by atoms with E-state index >= 15 is 0 Å². The molecule has 4 aromatic rings. The lowest BCUT2D eigenvalue weighted by molar-refractivity contribution is -0.124. The third kappa shape index (κ3) is 8.31. The highest BCUT2D eigenvalue weighted by molar-refractivity contribution is 6.00. The topological polar surface area (TPSA) is 126 Å². The first-order valence-electron chi connectivity index (χ1n) is 13.2. The molecule has 0 heterocycles. The minimum atomic E-state index is -0.944. The zero-order valence-corrected chi connectivity index (χ0v) is 22.3. The number of anilines is 1. The first kappa shape index (κ1) is 29.1. The molecule has 0 aliphatic carbocycles. The van der Waals surface area contributed by atoms with Crippen LogP contribution in [0.4, 0.5) is 10.5 Å². The number of nitrogens with one attached hydrogen (secondary N) is 2. The number of amides is 2. The van der Waals surface area contributed by atoms with E-state index in [1.807, 2.05) is 54.6 Å². The van der Waals surface area contributed by atoms with Gasteiger partial charge in [0, 0.05) is 17.0 Å². The third-order valence-electron chi connectivity index (χ3n) is 6.20. The highest BCUT2D eigenvalue weighted by Crippen LogP contribution is 2.35. The number of ether oxygens (including phenoxy) is 3. The van der Waals surface area contributed by atoms with Gasteiger partial charge in [-0.05, 0) is 42.5 Å². The number of allylic oxidation sites excluding steroid dienone is 1. The van der Waals surface area contributed by atoms with Gasteiger partial charge in [0.2, 0.25) is 0 Å². The number of aliphatic hydroxyl groups is 1. The van der Waals surface area contributed by atoms with Gasteiger partial charge in [-0.25, -0.2) is 10.3 Å². The van der Waals surface area contributed by atoms with E-state index in [4.69, 9.17) is 19.4 Å². The van der Waals surface area contributed by atoms with Crippen molar-refractivity contribution < 1.29 is 34.1 Å². The summed E-state index contributed by atoms with van der Waals surface area (Å²) in [7, 11) is 0. The second-order valence-electron chi connectivity index (χ2n) is 9.01. The third-order valence-corrected chi connectivity index (χ3v) is 6.20. The fraction of sp³-hybridized carbons (Fsp3) is 0.188. The molecule has 0 saturated heterocycles. The molecule has 9 heteroatoms. The van der Waals surface area contributed by atoms with Crippen LogP contribution in [-0.2, 0) is 9.53 Å². The van der Waals surface area contributed by atoms with Gasteiger partial charge in [-0.1, -0.05) is 78.9 Å². The number of aliphatic hydroxyl groups excluding tert-OH is 1. The summed E-state index contributed by atoms with van der Waals surface area (Å²) in [5.41, 5.74) is 2.70. The summed E-state index contributed by atoms with van der Waals surface area (Å²) in [5, 5.41) is 22.8. The van der Waals surface area contributed by atoms with Crippen LogP contribution in [0.15, 0.2) is 109 Å². The summed E-state index contributed by atoms with van der Waals surface area (Å²) in [6, 6.07) is 29.5. The molecule has 0 saturated carbocycles. The predicted molar refractivity (Wildman–Crippen MR) is 155 cm³/mol. The molecule has 0 spiro atoms. The second-order valence-corrected chi connectivity index (χ2v) is 9.01. The zero-order valence-electron chi connectivity index (χ0n) is 22.3. The van der Waals surface area contributed by atoms with Crippen LogP contribution in [0.3, 0.4) is 0 Å². The maximum Gasteiger partial charge on any atom is 0.412 e. The van der Waals surface area contributed by atoms with Crippen LogP contribution in [0.2, 0.25) is 0 Å². The molecule has 2 atom stereocenters. The van der Waals surface area contributed by atoms with Gasteiger partial charge in [0.1, 0.15) is 24.2 Å². The van der Waals surface area contributed by atoms with Gasteiger partial charge >= 0.3 is 6.09 Å². The summed E-state index contributed by atoms with van der Waals surface area (Å²) < 4.78 is 18.2. The number of para-hydroxylation sites is 2. The summed E-state index contributed by atoms with van der Waals surface area (Å²) in [4.78, 5) is 24.9. The number of hydrogen-bond donors (Lipinski definition) is 4. The highest BCUT2D eigenvalue weighted by Gasteiger charge is 2.31. The van der Waals surface area contributed by atoms with E-state index in [1.165, 1.54) is 6.08 Å². The van der Waals surface area contributed by atoms with Crippen LogP contribution >= 0.6 is 0 Å². The molecule has 212 valence electrons. The van der Waals surface area contributed by atoms with Gasteiger partial charge in [-0.3, -0.25) is 15.3 Å². The molecule has 9 nitrogen and oxygen atoms in total. The summed E-state index contributed by atoms with van der Waals surface area (Å²) in [6.45, 7) is -0.141. The number of benzene rings is 4. The number of hydroxylamine groups is 1. The van der Waals surface area contributed by atoms with Crippen LogP contribution in [0.5, 0.6) is 11.5 Å². The number of hydrogen-bond acceptors (Lipinski definition) is 7. The van der Waals surface area contributed by atoms with Gasteiger partial charge in [-0.15, -0.1) is 0 Å². The fourth-order valence-electron chi connectivity index (χ4n) is 4.37. The van der Waals surface area contributed by atoms with E-state index in [9.17, 15) is 14.7 Å². The van der Waals surface area contributed by atoms with Crippen molar-refractivity contribution in [2.24, 2.45) is 0 Å². The van der Waals surface area contributed by atoms with Crippen LogP contribution in [-0.4, -0.2) is 41.6 Å². The van der Waals surface area contributed by atoms with Crippen molar-refractivity contribution in [2.75, 3.05) is 18.5 Å². The molecule has 4 aromatic carbocycles. The lowest BCUT2D eigenvalue weighted by Gasteiger charge is -2.29. The first-order valence-corrected chi connectivity index (χ1v) is 13.2. The van der Waals surface area contributed by atoms with Crippen LogP contribution < -0.4 is 20.3 Å². The highest BCUT2D eigenvalue weighted by atomic mass is 16.6. The van der Waals surface area contributed by atoms with E-state index in [0.29, 0.717) is 35.6 Å². The Hall–Kier alpha value is -4.86. The van der Waals surface area contributed by atoms with Gasteiger partial charge in [0.15, 0.2) is 6.10 Å². The Morgan fingerprint density at radius 1 is 0.878 bits per heavy atom. The quantitative estimate of drug-likeness (QED) is 0.0933. The van der Waals surface area contributed by atoms with Crippen molar-refractivity contribution in [1.29, 1.82) is 0 Å². The molecule has 4 rings (SSSR count). The van der Waals surface area contributed by atoms with Crippen molar-refractivity contribution in [3.05, 3.63) is 115 Å². The smallest absolute Gasteiger partial charge is 0.412 e. The molecule has 4 N–H and O–H groups in total. The normalized spacial score (nSPS) is 12.4. The van der Waals surface area contributed by atoms with Gasteiger partial charge in [0.25, 0.3) is 5.91 Å². The molecule has 0 aromatic heterocycles. The van der Waals surface area contributed by atoms with E-state index in [-0.39, 0.29) is 13.2 Å². The molecular formula is C32H32N2O7. The fourth-order valence-corrected chi connectivity index (χ4v) is 4.37. The van der Waals surface area contributed by atoms with E-state index in [0.717, 1.165) is 10.8 Å². The number of carbonyl (C=O) groups is 2. The van der Waals surface area contributed by atoms with Crippen molar-refractivity contribution >= 4 is 28.5 Å². The maximum atomic E-state index is 13.4. The van der Waals surface area contributed by atoms with Crippen molar-refractivity contribution in [1.82, 2.24) is 5.48 Å². The van der Waals surface area contributed by atoms with Crippen molar-refractivity contribution in [3.63, 3.8) is 0 Å². The molecule has 0 unspecified atom stereocenters. The van der Waals surface area contributed by atoms with Crippen molar-refractivity contribution in [3.8, 4) is 11.5 Å². The van der Waals surface area contributed by atoms with Gasteiger partial charge in [0.05, 0.1) is 12.3 Å². The first-order chi connectivity index (χ1) is 20.1. The number of fused-ring (bicyclic) bond motifs is 1. The van der Waals surface area contributed by atoms with Gasteiger partial charge < -0.3 is 19.3 Å². The Morgan fingerprint density at radius 3 is 2.41 bits per heavy atom. The zero-order chi connectivity index (χ0) is 28.9. The van der Waals surface area contributed by atoms with Crippen LogP contribution in [0, 0.1) is 0 Å². The van der Waals surface area contributed by atoms with Crippen LogP contribution in [0.1, 0.15) is 24.5 Å². The average molecular weight is 557 g/mol. The molecule has 0 radical (unpaired) electrons.